The quantitative estimate of drug-likeness (QED) is 0.906. The first-order valence-electron chi connectivity index (χ1n) is 6.93. The summed E-state index contributed by atoms with van der Waals surface area (Å²) in [6.45, 7) is 9.43. The largest absolute Gasteiger partial charge is 0.344 e. The second kappa shape index (κ2) is 5.90. The van der Waals surface area contributed by atoms with E-state index in [0.717, 1.165) is 17.8 Å². The molecule has 0 aliphatic heterocycles. The third kappa shape index (κ3) is 2.74. The zero-order chi connectivity index (χ0) is 14.7. The van der Waals surface area contributed by atoms with Gasteiger partial charge in [0.25, 0.3) is 5.91 Å². The van der Waals surface area contributed by atoms with Gasteiger partial charge in [0.1, 0.15) is 5.69 Å². The van der Waals surface area contributed by atoms with Crippen molar-refractivity contribution in [2.75, 3.05) is 0 Å². The van der Waals surface area contributed by atoms with E-state index in [2.05, 4.69) is 15.5 Å². The third-order valence-electron chi connectivity index (χ3n) is 3.37. The monoisotopic (exact) mass is 275 g/mol. The SMILES string of the molecule is CCn1cc(C(C)NC(=O)c2ccnn2CC)c(C)n1. The van der Waals surface area contributed by atoms with Gasteiger partial charge in [-0.1, -0.05) is 0 Å². The molecule has 1 atom stereocenters. The maximum atomic E-state index is 12.3. The van der Waals surface area contributed by atoms with Crippen LogP contribution in [0.15, 0.2) is 18.5 Å². The minimum atomic E-state index is -0.111. The van der Waals surface area contributed by atoms with Crippen molar-refractivity contribution in [1.82, 2.24) is 24.9 Å². The van der Waals surface area contributed by atoms with Crippen molar-refractivity contribution in [2.24, 2.45) is 0 Å². The van der Waals surface area contributed by atoms with E-state index < -0.39 is 0 Å². The van der Waals surface area contributed by atoms with Crippen molar-refractivity contribution in [2.45, 2.75) is 46.8 Å². The lowest BCUT2D eigenvalue weighted by Crippen LogP contribution is -2.29. The molecule has 0 aliphatic rings. The Morgan fingerprint density at radius 3 is 2.75 bits per heavy atom. The van der Waals surface area contributed by atoms with E-state index in [1.165, 1.54) is 0 Å². The number of amides is 1. The Labute approximate surface area is 118 Å². The number of nitrogens with one attached hydrogen (secondary N) is 1. The Morgan fingerprint density at radius 1 is 1.40 bits per heavy atom. The van der Waals surface area contributed by atoms with Crippen LogP contribution in [0.2, 0.25) is 0 Å². The van der Waals surface area contributed by atoms with E-state index in [1.54, 1.807) is 16.9 Å². The first-order chi connectivity index (χ1) is 9.56. The molecular formula is C14H21N5O. The first-order valence-corrected chi connectivity index (χ1v) is 6.93. The van der Waals surface area contributed by atoms with Crippen LogP contribution in [0.5, 0.6) is 0 Å². The van der Waals surface area contributed by atoms with Crippen LogP contribution in [0.4, 0.5) is 0 Å². The molecule has 0 saturated carbocycles. The van der Waals surface area contributed by atoms with Gasteiger partial charge in [-0.2, -0.15) is 10.2 Å². The van der Waals surface area contributed by atoms with Crippen LogP contribution in [-0.2, 0) is 13.1 Å². The molecule has 0 aromatic carbocycles. The van der Waals surface area contributed by atoms with E-state index in [4.69, 9.17) is 0 Å². The second-order valence-electron chi connectivity index (χ2n) is 4.75. The third-order valence-corrected chi connectivity index (χ3v) is 3.37. The summed E-state index contributed by atoms with van der Waals surface area (Å²) in [5.74, 6) is -0.111. The fourth-order valence-corrected chi connectivity index (χ4v) is 2.25. The van der Waals surface area contributed by atoms with Crippen LogP contribution in [0, 0.1) is 6.92 Å². The molecule has 108 valence electrons. The number of carbonyl (C=O) groups excluding carboxylic acids is 1. The molecule has 0 saturated heterocycles. The summed E-state index contributed by atoms with van der Waals surface area (Å²) in [5.41, 5.74) is 2.58. The molecule has 2 aromatic heterocycles. The summed E-state index contributed by atoms with van der Waals surface area (Å²) in [6.07, 6.45) is 3.63. The number of aromatic nitrogens is 4. The van der Waals surface area contributed by atoms with E-state index in [-0.39, 0.29) is 11.9 Å². The van der Waals surface area contributed by atoms with Gasteiger partial charge in [0.15, 0.2) is 0 Å². The zero-order valence-electron chi connectivity index (χ0n) is 12.4. The van der Waals surface area contributed by atoms with Gasteiger partial charge in [-0.3, -0.25) is 14.2 Å². The van der Waals surface area contributed by atoms with Crippen molar-refractivity contribution >= 4 is 5.91 Å². The summed E-state index contributed by atoms with van der Waals surface area (Å²) < 4.78 is 3.56. The van der Waals surface area contributed by atoms with Gasteiger partial charge in [-0.05, 0) is 33.8 Å². The minimum Gasteiger partial charge on any atom is -0.344 e. The summed E-state index contributed by atoms with van der Waals surface area (Å²) in [7, 11) is 0. The van der Waals surface area contributed by atoms with Crippen molar-refractivity contribution in [3.8, 4) is 0 Å². The standard InChI is InChI=1S/C14H21N5O/c1-5-18-9-12(11(4)17-18)10(3)16-14(20)13-7-8-15-19(13)6-2/h7-10H,5-6H2,1-4H3,(H,16,20). The molecule has 6 heteroatoms. The van der Waals surface area contributed by atoms with Crippen LogP contribution in [-0.4, -0.2) is 25.5 Å². The number of nitrogens with zero attached hydrogens (tertiary/aromatic N) is 4. The first kappa shape index (κ1) is 14.3. The van der Waals surface area contributed by atoms with Gasteiger partial charge in [0, 0.05) is 31.0 Å². The molecule has 0 spiro atoms. The van der Waals surface area contributed by atoms with Gasteiger partial charge >= 0.3 is 0 Å². The lowest BCUT2D eigenvalue weighted by Gasteiger charge is -2.13. The molecule has 0 radical (unpaired) electrons. The summed E-state index contributed by atoms with van der Waals surface area (Å²) in [4.78, 5) is 12.3. The summed E-state index contributed by atoms with van der Waals surface area (Å²) >= 11 is 0. The number of hydrogen-bond acceptors (Lipinski definition) is 3. The maximum absolute atomic E-state index is 12.3. The van der Waals surface area contributed by atoms with E-state index in [1.807, 2.05) is 38.6 Å². The number of aryl methyl sites for hydroxylation is 3. The van der Waals surface area contributed by atoms with Crippen molar-refractivity contribution in [3.05, 3.63) is 35.4 Å². The number of hydrogen-bond donors (Lipinski definition) is 1. The van der Waals surface area contributed by atoms with Crippen LogP contribution in [0.1, 0.15) is 48.6 Å². The van der Waals surface area contributed by atoms with Crippen LogP contribution in [0.3, 0.4) is 0 Å². The van der Waals surface area contributed by atoms with Gasteiger partial charge in [-0.15, -0.1) is 0 Å². The highest BCUT2D eigenvalue weighted by Gasteiger charge is 2.17. The minimum absolute atomic E-state index is 0.0805. The Balaban J connectivity index is 2.13. The molecule has 2 heterocycles. The van der Waals surface area contributed by atoms with Crippen LogP contribution in [0.25, 0.3) is 0 Å². The molecule has 0 bridgehead atoms. The molecule has 0 aliphatic carbocycles. The zero-order valence-corrected chi connectivity index (χ0v) is 12.4. The highest BCUT2D eigenvalue weighted by molar-refractivity contribution is 5.92. The molecule has 1 N–H and O–H groups in total. The highest BCUT2D eigenvalue weighted by atomic mass is 16.2. The Morgan fingerprint density at radius 2 is 2.15 bits per heavy atom. The highest BCUT2D eigenvalue weighted by Crippen LogP contribution is 2.16. The normalized spacial score (nSPS) is 12.4. The van der Waals surface area contributed by atoms with Crippen molar-refractivity contribution in [3.63, 3.8) is 0 Å². The van der Waals surface area contributed by atoms with E-state index in [0.29, 0.717) is 12.2 Å². The second-order valence-corrected chi connectivity index (χ2v) is 4.75. The molecule has 6 nitrogen and oxygen atoms in total. The fourth-order valence-electron chi connectivity index (χ4n) is 2.25. The maximum Gasteiger partial charge on any atom is 0.270 e. The van der Waals surface area contributed by atoms with Gasteiger partial charge in [0.2, 0.25) is 0 Å². The van der Waals surface area contributed by atoms with Gasteiger partial charge in [0.05, 0.1) is 11.7 Å². The molecule has 1 unspecified atom stereocenters. The number of rotatable bonds is 5. The predicted octanol–water partition coefficient (Wildman–Crippen LogP) is 1.92. The van der Waals surface area contributed by atoms with E-state index >= 15 is 0 Å². The summed E-state index contributed by atoms with van der Waals surface area (Å²) in [6, 6.07) is 1.65. The fraction of sp³-hybridized carbons (Fsp3) is 0.500. The Hall–Kier alpha value is -2.11. The lowest BCUT2D eigenvalue weighted by molar-refractivity contribution is 0.0929. The average molecular weight is 275 g/mol. The van der Waals surface area contributed by atoms with Crippen LogP contribution < -0.4 is 5.32 Å². The topological polar surface area (TPSA) is 64.7 Å². The van der Waals surface area contributed by atoms with Crippen molar-refractivity contribution in [1.29, 1.82) is 0 Å². The van der Waals surface area contributed by atoms with E-state index in [9.17, 15) is 4.79 Å². The molecule has 20 heavy (non-hydrogen) atoms. The van der Waals surface area contributed by atoms with Crippen molar-refractivity contribution < 1.29 is 4.79 Å². The molecule has 2 rings (SSSR count). The van der Waals surface area contributed by atoms with Gasteiger partial charge < -0.3 is 5.32 Å². The molecule has 0 fully saturated rings. The molecule has 1 amide bonds. The van der Waals surface area contributed by atoms with Crippen LogP contribution >= 0.6 is 0 Å². The lowest BCUT2D eigenvalue weighted by atomic mass is 10.1. The Kier molecular flexibility index (Phi) is 4.22. The Bertz CT molecular complexity index is 598. The smallest absolute Gasteiger partial charge is 0.270 e. The summed E-state index contributed by atoms with van der Waals surface area (Å²) in [5, 5.41) is 11.5. The predicted molar refractivity (Wildman–Crippen MR) is 76.4 cm³/mol. The molecule has 2 aromatic rings. The van der Waals surface area contributed by atoms with Gasteiger partial charge in [-0.25, -0.2) is 0 Å². The average Bonchev–Trinajstić information content (AvgIpc) is 3.04. The molecular weight excluding hydrogens is 254 g/mol. The number of carbonyl (C=O) groups is 1.